The number of rotatable bonds is 4. The summed E-state index contributed by atoms with van der Waals surface area (Å²) in [6, 6.07) is 4.18. The van der Waals surface area contributed by atoms with E-state index in [2.05, 4.69) is 15.3 Å². The molecule has 0 bridgehead atoms. The molecule has 1 aliphatic rings. The van der Waals surface area contributed by atoms with E-state index < -0.39 is 34.5 Å². The fraction of sp³-hybridized carbons (Fsp3) is 0.320. The standard InChI is InChI=1S/C25H21F5N6OS/c1-10-16(6-7-33-10)36(2)23-12-8-14(25(28,29)30)18(19(27)20(12)34-24(35-23)37-3)11-4-5-15(26)21-17(11)13(9-31)22(32)38-21/h4-5,8,10,16,33H,6-7,32H2,1-3H3/t10-,16?/m1/s1. The number of thiophene rings is 1. The van der Waals surface area contributed by atoms with Crippen molar-refractivity contribution in [3.8, 4) is 23.2 Å². The predicted molar refractivity (Wildman–Crippen MR) is 135 cm³/mol. The summed E-state index contributed by atoms with van der Waals surface area (Å²) in [5.74, 6) is -2.02. The van der Waals surface area contributed by atoms with Crippen molar-refractivity contribution in [3.63, 3.8) is 0 Å². The zero-order valence-electron chi connectivity index (χ0n) is 20.4. The Morgan fingerprint density at radius 1 is 1.26 bits per heavy atom. The first kappa shape index (κ1) is 25.9. The highest BCUT2D eigenvalue weighted by molar-refractivity contribution is 7.23. The van der Waals surface area contributed by atoms with Crippen LogP contribution in [0.2, 0.25) is 0 Å². The number of nitrogen functional groups attached to an aromatic ring is 1. The van der Waals surface area contributed by atoms with Crippen LogP contribution < -0.4 is 20.7 Å². The Morgan fingerprint density at radius 2 is 2.00 bits per heavy atom. The van der Waals surface area contributed by atoms with Crippen LogP contribution in [0, 0.1) is 23.0 Å². The number of hydrogen-bond acceptors (Lipinski definition) is 8. The molecule has 3 heterocycles. The maximum absolute atomic E-state index is 16.3. The van der Waals surface area contributed by atoms with Gasteiger partial charge in [0.05, 0.1) is 22.9 Å². The summed E-state index contributed by atoms with van der Waals surface area (Å²) in [5, 5.41) is 12.5. The fourth-order valence-electron chi connectivity index (χ4n) is 5.08. The maximum atomic E-state index is 16.3. The number of likely N-dealkylation sites (N-methyl/N-ethyl adjacent to an activating group) is 1. The first-order valence-corrected chi connectivity index (χ1v) is 12.3. The van der Waals surface area contributed by atoms with Crippen LogP contribution >= 0.6 is 11.3 Å². The molecule has 4 aromatic rings. The van der Waals surface area contributed by atoms with Crippen molar-refractivity contribution in [1.29, 1.82) is 5.26 Å². The third-order valence-corrected chi connectivity index (χ3v) is 7.92. The fourth-order valence-corrected chi connectivity index (χ4v) is 6.03. The Bertz CT molecular complexity index is 1630. The molecule has 1 saturated heterocycles. The number of benzene rings is 2. The second-order valence-electron chi connectivity index (χ2n) is 9.00. The van der Waals surface area contributed by atoms with E-state index in [0.717, 1.165) is 18.2 Å². The van der Waals surface area contributed by atoms with Gasteiger partial charge in [-0.15, -0.1) is 11.3 Å². The van der Waals surface area contributed by atoms with Gasteiger partial charge in [-0.25, -0.2) is 8.78 Å². The zero-order valence-corrected chi connectivity index (χ0v) is 21.2. The van der Waals surface area contributed by atoms with Gasteiger partial charge in [0, 0.05) is 35.5 Å². The molecule has 13 heteroatoms. The molecule has 0 aliphatic carbocycles. The van der Waals surface area contributed by atoms with E-state index in [1.807, 2.05) is 6.92 Å². The summed E-state index contributed by atoms with van der Waals surface area (Å²) in [6.45, 7) is 2.64. The molecule has 0 saturated carbocycles. The third-order valence-electron chi connectivity index (χ3n) is 6.89. The van der Waals surface area contributed by atoms with E-state index in [0.29, 0.717) is 24.3 Å². The van der Waals surface area contributed by atoms with Crippen LogP contribution in [-0.4, -0.2) is 42.8 Å². The van der Waals surface area contributed by atoms with Crippen molar-refractivity contribution in [2.24, 2.45) is 0 Å². The molecule has 0 amide bonds. The first-order chi connectivity index (χ1) is 18.0. The summed E-state index contributed by atoms with van der Waals surface area (Å²) in [7, 11) is 2.94. The summed E-state index contributed by atoms with van der Waals surface area (Å²) >= 11 is 0.707. The second-order valence-corrected chi connectivity index (χ2v) is 10.1. The number of fused-ring (bicyclic) bond motifs is 2. The molecule has 3 N–H and O–H groups in total. The van der Waals surface area contributed by atoms with E-state index in [1.54, 1.807) is 18.0 Å². The number of ether oxygens (including phenoxy) is 1. The van der Waals surface area contributed by atoms with Gasteiger partial charge in [-0.1, -0.05) is 6.07 Å². The van der Waals surface area contributed by atoms with Crippen molar-refractivity contribution in [3.05, 3.63) is 41.0 Å². The molecule has 2 atom stereocenters. The molecule has 2 aromatic heterocycles. The number of alkyl halides is 3. The van der Waals surface area contributed by atoms with E-state index in [1.165, 1.54) is 7.11 Å². The van der Waals surface area contributed by atoms with Gasteiger partial charge in [0.1, 0.15) is 28.2 Å². The summed E-state index contributed by atoms with van der Waals surface area (Å²) in [6.07, 6.45) is -4.32. The minimum atomic E-state index is -5.02. The molecule has 5 rings (SSSR count). The SMILES string of the molecule is COc1nc(N(C)C2CCN[C@@H]2C)c2cc(C(F)(F)F)c(-c3ccc(F)c4sc(N)c(C#N)c34)c(F)c2n1. The molecule has 0 spiro atoms. The van der Waals surface area contributed by atoms with Crippen molar-refractivity contribution >= 4 is 43.1 Å². The van der Waals surface area contributed by atoms with Gasteiger partial charge < -0.3 is 20.7 Å². The molecule has 1 aliphatic heterocycles. The molecule has 198 valence electrons. The number of nitrogens with two attached hydrogens (primary N) is 1. The van der Waals surface area contributed by atoms with Gasteiger partial charge >= 0.3 is 12.2 Å². The van der Waals surface area contributed by atoms with E-state index >= 15 is 4.39 Å². The lowest BCUT2D eigenvalue weighted by molar-refractivity contribution is -0.137. The van der Waals surface area contributed by atoms with Crippen LogP contribution in [0.25, 0.3) is 32.1 Å². The molecular formula is C25H21F5N6OS. The van der Waals surface area contributed by atoms with Gasteiger partial charge in [0.2, 0.25) is 0 Å². The van der Waals surface area contributed by atoms with E-state index in [-0.39, 0.29) is 55.5 Å². The van der Waals surface area contributed by atoms with Crippen LogP contribution in [-0.2, 0) is 6.18 Å². The van der Waals surface area contributed by atoms with Crippen molar-refractivity contribution < 1.29 is 26.7 Å². The molecule has 0 radical (unpaired) electrons. The third kappa shape index (κ3) is 3.95. The van der Waals surface area contributed by atoms with Crippen molar-refractivity contribution in [2.75, 3.05) is 31.3 Å². The normalized spacial score (nSPS) is 17.8. The maximum Gasteiger partial charge on any atom is 0.417 e. The topological polar surface area (TPSA) is 100 Å². The monoisotopic (exact) mass is 548 g/mol. The highest BCUT2D eigenvalue weighted by Crippen LogP contribution is 2.48. The summed E-state index contributed by atoms with van der Waals surface area (Å²) < 4.78 is 79.6. The summed E-state index contributed by atoms with van der Waals surface area (Å²) in [5.41, 5.74) is 2.73. The lowest BCUT2D eigenvalue weighted by Crippen LogP contribution is -2.40. The van der Waals surface area contributed by atoms with Crippen LogP contribution in [0.15, 0.2) is 18.2 Å². The first-order valence-electron chi connectivity index (χ1n) is 11.5. The second kappa shape index (κ2) is 9.21. The quantitative estimate of drug-likeness (QED) is 0.327. The van der Waals surface area contributed by atoms with Crippen molar-refractivity contribution in [2.45, 2.75) is 31.6 Å². The molecule has 1 fully saturated rings. The molecule has 7 nitrogen and oxygen atoms in total. The van der Waals surface area contributed by atoms with Crippen molar-refractivity contribution in [1.82, 2.24) is 15.3 Å². The average molecular weight is 549 g/mol. The van der Waals surface area contributed by atoms with Crippen LogP contribution in [0.5, 0.6) is 6.01 Å². The van der Waals surface area contributed by atoms with Gasteiger partial charge in [-0.3, -0.25) is 0 Å². The Balaban J connectivity index is 1.90. The van der Waals surface area contributed by atoms with Crippen LogP contribution in [0.4, 0.5) is 32.8 Å². The molecule has 1 unspecified atom stereocenters. The van der Waals surface area contributed by atoms with Crippen LogP contribution in [0.1, 0.15) is 24.5 Å². The number of aromatic nitrogens is 2. The van der Waals surface area contributed by atoms with Gasteiger partial charge in [0.25, 0.3) is 0 Å². The average Bonchev–Trinajstić information content (AvgIpc) is 3.45. The largest absolute Gasteiger partial charge is 0.467 e. The highest BCUT2D eigenvalue weighted by atomic mass is 32.1. The molecule has 38 heavy (non-hydrogen) atoms. The predicted octanol–water partition coefficient (Wildman–Crippen LogP) is 5.46. The number of nitrogens with zero attached hydrogens (tertiary/aromatic N) is 4. The van der Waals surface area contributed by atoms with Gasteiger partial charge in [0.15, 0.2) is 5.82 Å². The Morgan fingerprint density at radius 3 is 2.61 bits per heavy atom. The lowest BCUT2D eigenvalue weighted by Gasteiger charge is -2.30. The number of nitrogens with one attached hydrogen (secondary N) is 1. The minimum absolute atomic E-state index is 0.00293. The van der Waals surface area contributed by atoms with Gasteiger partial charge in [-0.2, -0.15) is 28.4 Å². The van der Waals surface area contributed by atoms with Crippen LogP contribution in [0.3, 0.4) is 0 Å². The Hall–Kier alpha value is -3.76. The lowest BCUT2D eigenvalue weighted by atomic mass is 9.92. The number of hydrogen-bond donors (Lipinski definition) is 2. The van der Waals surface area contributed by atoms with Gasteiger partial charge in [-0.05, 0) is 37.6 Å². The zero-order chi connectivity index (χ0) is 27.5. The summed E-state index contributed by atoms with van der Waals surface area (Å²) in [4.78, 5) is 10.0. The highest BCUT2D eigenvalue weighted by Gasteiger charge is 2.39. The Kier molecular flexibility index (Phi) is 6.27. The number of methoxy groups -OCH3 is 1. The van der Waals surface area contributed by atoms with E-state index in [9.17, 15) is 22.8 Å². The number of nitriles is 1. The Labute approximate surface area is 217 Å². The smallest absolute Gasteiger partial charge is 0.417 e. The molecular weight excluding hydrogens is 527 g/mol. The molecule has 2 aromatic carbocycles. The minimum Gasteiger partial charge on any atom is -0.467 e. The van der Waals surface area contributed by atoms with E-state index in [4.69, 9.17) is 10.5 Å². The number of halogens is 5. The number of anilines is 2.